The molecule has 184 valence electrons. The van der Waals surface area contributed by atoms with Gasteiger partial charge in [0.25, 0.3) is 11.8 Å². The minimum Gasteiger partial charge on any atom is -0.352 e. The molecule has 4 N–H and O–H groups in total. The fourth-order valence-corrected chi connectivity index (χ4v) is 5.93. The molecule has 0 aliphatic carbocycles. The van der Waals surface area contributed by atoms with Crippen LogP contribution in [0.4, 0.5) is 10.3 Å². The van der Waals surface area contributed by atoms with Gasteiger partial charge in [0.1, 0.15) is 11.0 Å². The van der Waals surface area contributed by atoms with Gasteiger partial charge in [0.2, 0.25) is 5.95 Å². The zero-order valence-corrected chi connectivity index (χ0v) is 20.7. The molecule has 36 heavy (non-hydrogen) atoms. The van der Waals surface area contributed by atoms with Gasteiger partial charge in [-0.3, -0.25) is 14.9 Å². The first-order chi connectivity index (χ1) is 17.3. The number of amides is 2. The molecule has 2 unspecified atom stereocenters. The number of benzene rings is 1. The maximum atomic E-state index is 15.3. The number of carbonyl (C=O) groups excluding carboxylic acids is 2. The number of imide groups is 1. The van der Waals surface area contributed by atoms with Crippen molar-refractivity contribution in [2.45, 2.75) is 32.0 Å². The third-order valence-corrected chi connectivity index (χ3v) is 8.31. The predicted octanol–water partition coefficient (Wildman–Crippen LogP) is 3.64. The Morgan fingerprint density at radius 1 is 1.14 bits per heavy atom. The summed E-state index contributed by atoms with van der Waals surface area (Å²) in [4.78, 5) is 41.5. The highest BCUT2D eigenvalue weighted by molar-refractivity contribution is 7.16. The van der Waals surface area contributed by atoms with Gasteiger partial charge in [0.05, 0.1) is 34.4 Å². The van der Waals surface area contributed by atoms with Gasteiger partial charge in [-0.2, -0.15) is 0 Å². The number of thiophene rings is 1. The molecule has 2 amide bonds. The number of hydrogen-bond donors (Lipinski definition) is 3. The summed E-state index contributed by atoms with van der Waals surface area (Å²) >= 11 is 1.52. The number of fused-ring (bicyclic) bond motifs is 2. The predicted molar refractivity (Wildman–Crippen MR) is 139 cm³/mol. The lowest BCUT2D eigenvalue weighted by molar-refractivity contribution is -0.122. The van der Waals surface area contributed by atoms with Gasteiger partial charge in [-0.05, 0) is 29.9 Å². The number of para-hydroxylation sites is 1. The van der Waals surface area contributed by atoms with E-state index in [1.165, 1.54) is 11.3 Å². The van der Waals surface area contributed by atoms with Crippen LogP contribution in [0.5, 0.6) is 0 Å². The molecule has 6 rings (SSSR count). The van der Waals surface area contributed by atoms with Gasteiger partial charge >= 0.3 is 0 Å². The molecular formula is C26H25FN6O2S. The first-order valence-corrected chi connectivity index (χ1v) is 12.8. The number of rotatable bonds is 4. The lowest BCUT2D eigenvalue weighted by Gasteiger charge is -2.44. The maximum Gasteiger partial charge on any atom is 0.261 e. The first kappa shape index (κ1) is 22.8. The molecule has 1 fully saturated rings. The fraction of sp³-hybridized carbons (Fsp3) is 0.308. The van der Waals surface area contributed by atoms with Crippen LogP contribution in [0.15, 0.2) is 41.9 Å². The molecule has 1 saturated heterocycles. The van der Waals surface area contributed by atoms with E-state index >= 15 is 4.39 Å². The van der Waals surface area contributed by atoms with E-state index in [2.05, 4.69) is 10.3 Å². The second kappa shape index (κ2) is 8.21. The molecule has 0 spiro atoms. The van der Waals surface area contributed by atoms with E-state index in [-0.39, 0.29) is 23.6 Å². The van der Waals surface area contributed by atoms with Crippen molar-refractivity contribution in [2.24, 2.45) is 11.7 Å². The van der Waals surface area contributed by atoms with Crippen LogP contribution in [0, 0.1) is 5.92 Å². The molecule has 4 aromatic rings. The molecular weight excluding hydrogens is 479 g/mol. The van der Waals surface area contributed by atoms with Crippen molar-refractivity contribution in [3.8, 4) is 0 Å². The molecule has 0 radical (unpaired) electrons. The molecule has 10 heteroatoms. The van der Waals surface area contributed by atoms with Gasteiger partial charge in [0, 0.05) is 29.1 Å². The average Bonchev–Trinajstić information content (AvgIpc) is 3.54. The van der Waals surface area contributed by atoms with E-state index in [0.29, 0.717) is 41.1 Å². The lowest BCUT2D eigenvalue weighted by Crippen LogP contribution is -2.62. The van der Waals surface area contributed by atoms with Gasteiger partial charge in [-0.1, -0.05) is 32.0 Å². The number of nitrogens with zero attached hydrogens (tertiary/aromatic N) is 3. The van der Waals surface area contributed by atoms with Crippen LogP contribution in [0.1, 0.15) is 31.5 Å². The number of alkyl halides is 1. The smallest absolute Gasteiger partial charge is 0.261 e. The number of hydrogen-bond acceptors (Lipinski definition) is 7. The topological polar surface area (TPSA) is 117 Å². The molecule has 8 nitrogen and oxygen atoms in total. The number of piperidine rings is 1. The van der Waals surface area contributed by atoms with Gasteiger partial charge < -0.3 is 15.6 Å². The van der Waals surface area contributed by atoms with Crippen molar-refractivity contribution in [1.29, 1.82) is 0 Å². The Morgan fingerprint density at radius 2 is 1.92 bits per heavy atom. The zero-order valence-electron chi connectivity index (χ0n) is 19.8. The second-order valence-electron chi connectivity index (χ2n) is 9.72. The number of aromatic amines is 1. The fourth-order valence-electron chi connectivity index (χ4n) is 5.16. The Labute approximate surface area is 210 Å². The summed E-state index contributed by atoms with van der Waals surface area (Å²) in [7, 11) is 0. The summed E-state index contributed by atoms with van der Waals surface area (Å²) in [6.45, 7) is 4.40. The molecule has 5 heterocycles. The maximum absolute atomic E-state index is 15.3. The van der Waals surface area contributed by atoms with Crippen LogP contribution in [0.25, 0.3) is 32.3 Å². The Balaban J connectivity index is 1.53. The monoisotopic (exact) mass is 504 g/mol. The van der Waals surface area contributed by atoms with Gasteiger partial charge in [0.15, 0.2) is 0 Å². The highest BCUT2D eigenvalue weighted by atomic mass is 32.1. The van der Waals surface area contributed by atoms with E-state index < -0.39 is 23.5 Å². The zero-order chi connectivity index (χ0) is 25.2. The van der Waals surface area contributed by atoms with Crippen molar-refractivity contribution >= 4 is 61.4 Å². The second-order valence-corrected chi connectivity index (χ2v) is 10.6. The summed E-state index contributed by atoms with van der Waals surface area (Å²) in [5.41, 5.74) is 7.54. The number of nitrogens with one attached hydrogen (secondary N) is 2. The highest BCUT2D eigenvalue weighted by Gasteiger charge is 2.43. The average molecular weight is 505 g/mol. The Hall–Kier alpha value is -3.63. The van der Waals surface area contributed by atoms with Crippen molar-refractivity contribution in [3.05, 3.63) is 53.2 Å². The minimum atomic E-state index is -1.26. The molecule has 0 saturated carbocycles. The first-order valence-electron chi connectivity index (χ1n) is 11.9. The van der Waals surface area contributed by atoms with Crippen molar-refractivity contribution in [1.82, 2.24) is 20.3 Å². The Morgan fingerprint density at radius 3 is 2.69 bits per heavy atom. The molecule has 0 bridgehead atoms. The van der Waals surface area contributed by atoms with Gasteiger partial charge in [-0.25, -0.2) is 14.4 Å². The molecule has 2 aliphatic rings. The third-order valence-electron chi connectivity index (χ3n) is 7.47. The third kappa shape index (κ3) is 3.35. The highest BCUT2D eigenvalue weighted by Crippen LogP contribution is 2.39. The Kier molecular flexibility index (Phi) is 5.20. The molecule has 2 aliphatic heterocycles. The lowest BCUT2D eigenvalue weighted by atomic mass is 9.78. The quantitative estimate of drug-likeness (QED) is 0.366. The Bertz CT molecular complexity index is 1570. The van der Waals surface area contributed by atoms with Crippen LogP contribution >= 0.6 is 11.3 Å². The molecule has 2 atom stereocenters. The number of halogens is 1. The normalized spacial score (nSPS) is 22.9. The van der Waals surface area contributed by atoms with Crippen molar-refractivity contribution < 1.29 is 14.0 Å². The van der Waals surface area contributed by atoms with Crippen LogP contribution in [-0.2, 0) is 9.59 Å². The van der Waals surface area contributed by atoms with Crippen molar-refractivity contribution in [2.75, 3.05) is 18.0 Å². The number of H-pyrrole nitrogens is 1. The van der Waals surface area contributed by atoms with E-state index in [1.807, 2.05) is 49.6 Å². The minimum absolute atomic E-state index is 0.0149. The summed E-state index contributed by atoms with van der Waals surface area (Å²) in [6.07, 6.45) is 0.927. The number of aromatic nitrogens is 3. The standard InChI is InChI=1S/C26H25FN6O2S/c1-13(2)26(28)8-9-33(12-18(26)27)25-30-17-6-4-3-5-15(17)21(31-25)20-19(22(34)32-23(20)35)16-11-29-24-14(16)7-10-36-24/h3-7,10-11,13,18,29H,8-9,12,28H2,1-2H3,(H,32,34,35). The van der Waals surface area contributed by atoms with Crippen LogP contribution in [0.3, 0.4) is 0 Å². The number of nitrogens with two attached hydrogens (primary N) is 1. The van der Waals surface area contributed by atoms with Crippen LogP contribution in [0.2, 0.25) is 0 Å². The summed E-state index contributed by atoms with van der Waals surface area (Å²) in [5, 5.41) is 5.87. The largest absolute Gasteiger partial charge is 0.352 e. The van der Waals surface area contributed by atoms with E-state index in [0.717, 1.165) is 10.2 Å². The van der Waals surface area contributed by atoms with Gasteiger partial charge in [-0.15, -0.1) is 11.3 Å². The van der Waals surface area contributed by atoms with Crippen molar-refractivity contribution in [3.63, 3.8) is 0 Å². The number of anilines is 1. The van der Waals surface area contributed by atoms with E-state index in [4.69, 9.17) is 15.7 Å². The van der Waals surface area contributed by atoms with Crippen LogP contribution < -0.4 is 16.0 Å². The summed E-state index contributed by atoms with van der Waals surface area (Å²) < 4.78 is 15.3. The van der Waals surface area contributed by atoms with E-state index in [1.54, 1.807) is 11.1 Å². The van der Waals surface area contributed by atoms with E-state index in [9.17, 15) is 9.59 Å². The SMILES string of the molecule is CC(C)C1(N)CCN(c2nc(C3=C(c4c[nH]c5sccc45)C(=O)NC3=O)c3ccccc3n2)CC1F. The molecule has 1 aromatic carbocycles. The summed E-state index contributed by atoms with van der Waals surface area (Å²) in [6, 6.07) is 9.24. The number of carbonyl (C=O) groups is 2. The van der Waals surface area contributed by atoms with Crippen LogP contribution in [-0.4, -0.2) is 51.6 Å². The summed E-state index contributed by atoms with van der Waals surface area (Å²) in [5.74, 6) is -0.694. The molecule has 3 aromatic heterocycles.